The maximum Gasteiger partial charge on any atom is 0.419 e. The zero-order chi connectivity index (χ0) is 25.3. The first-order valence-corrected chi connectivity index (χ1v) is 14.0. The summed E-state index contributed by atoms with van der Waals surface area (Å²) >= 11 is 0. The molecule has 35 heavy (non-hydrogen) atoms. The van der Waals surface area contributed by atoms with Gasteiger partial charge in [-0.3, -0.25) is 0 Å². The van der Waals surface area contributed by atoms with E-state index in [0.29, 0.717) is 18.3 Å². The summed E-state index contributed by atoms with van der Waals surface area (Å²) in [5, 5.41) is 0. The topological polar surface area (TPSA) is 9.23 Å². The van der Waals surface area contributed by atoms with Gasteiger partial charge in [-0.05, 0) is 106 Å². The van der Waals surface area contributed by atoms with E-state index in [1.54, 1.807) is 6.92 Å². The Kier molecular flexibility index (Phi) is 11.0. The first-order chi connectivity index (χ1) is 16.8. The van der Waals surface area contributed by atoms with Crippen LogP contribution >= 0.6 is 0 Å². The predicted molar refractivity (Wildman–Crippen MR) is 135 cm³/mol. The second-order valence-electron chi connectivity index (χ2n) is 10.8. The van der Waals surface area contributed by atoms with Crippen molar-refractivity contribution < 1.29 is 22.3 Å². The summed E-state index contributed by atoms with van der Waals surface area (Å²) in [6, 6.07) is 2.73. The highest BCUT2D eigenvalue weighted by Crippen LogP contribution is 2.40. The Hall–Kier alpha value is -1.52. The van der Waals surface area contributed by atoms with Crippen molar-refractivity contribution in [2.75, 3.05) is 6.61 Å². The second kappa shape index (κ2) is 13.7. The summed E-state index contributed by atoms with van der Waals surface area (Å²) in [4.78, 5) is 0. The predicted octanol–water partition coefficient (Wildman–Crippen LogP) is 9.93. The molecule has 0 N–H and O–H groups in total. The Labute approximate surface area is 209 Å². The van der Waals surface area contributed by atoms with Gasteiger partial charge in [-0.1, -0.05) is 50.8 Å². The van der Waals surface area contributed by atoms with Gasteiger partial charge in [0.15, 0.2) is 11.6 Å². The molecule has 0 radical (unpaired) electrons. The lowest BCUT2D eigenvalue weighted by Crippen LogP contribution is -2.17. The SMILES string of the molecule is CCCCCC1CCC(C=CC2CCC(CCc3ccc(OCC)c(F)c3C(F)(F)F)CC2)CC1. The monoisotopic (exact) mass is 496 g/mol. The van der Waals surface area contributed by atoms with Gasteiger partial charge >= 0.3 is 6.18 Å². The van der Waals surface area contributed by atoms with Crippen LogP contribution in [-0.2, 0) is 12.6 Å². The third-order valence-electron chi connectivity index (χ3n) is 8.25. The van der Waals surface area contributed by atoms with Crippen molar-refractivity contribution in [1.82, 2.24) is 0 Å². The number of alkyl halides is 3. The zero-order valence-electron chi connectivity index (χ0n) is 21.6. The first kappa shape index (κ1) is 28.1. The molecule has 1 nitrogen and oxygen atoms in total. The third-order valence-corrected chi connectivity index (χ3v) is 8.25. The van der Waals surface area contributed by atoms with E-state index < -0.39 is 17.6 Å². The van der Waals surface area contributed by atoms with E-state index in [1.807, 2.05) is 0 Å². The number of halogens is 4. The number of allylic oxidation sites excluding steroid dienone is 2. The van der Waals surface area contributed by atoms with Crippen molar-refractivity contribution in [2.45, 2.75) is 110 Å². The molecule has 0 bridgehead atoms. The van der Waals surface area contributed by atoms with Crippen molar-refractivity contribution in [1.29, 1.82) is 0 Å². The van der Waals surface area contributed by atoms with Gasteiger partial charge in [0.2, 0.25) is 0 Å². The molecule has 2 saturated carbocycles. The summed E-state index contributed by atoms with van der Waals surface area (Å²) in [5.41, 5.74) is -1.11. The standard InChI is InChI=1S/C30H44F4O/c1-3-5-6-7-22-8-10-23(11-9-22)12-13-24-14-16-25(17-15-24)18-19-26-20-21-27(35-4-2)29(31)28(26)30(32,33)34/h12-13,20-25H,3-11,14-19H2,1-2H3. The molecule has 1 aromatic carbocycles. The van der Waals surface area contributed by atoms with Crippen LogP contribution in [0.15, 0.2) is 24.3 Å². The lowest BCUT2D eigenvalue weighted by atomic mass is 9.77. The fraction of sp³-hybridized carbons (Fsp3) is 0.733. The Morgan fingerprint density at radius 3 is 1.91 bits per heavy atom. The van der Waals surface area contributed by atoms with Crippen LogP contribution in [0.5, 0.6) is 5.75 Å². The van der Waals surface area contributed by atoms with E-state index in [1.165, 1.54) is 63.5 Å². The molecule has 0 aromatic heterocycles. The Morgan fingerprint density at radius 1 is 0.829 bits per heavy atom. The number of rotatable bonds is 11. The van der Waals surface area contributed by atoms with Crippen LogP contribution < -0.4 is 4.74 Å². The molecule has 0 spiro atoms. The number of benzene rings is 1. The van der Waals surface area contributed by atoms with E-state index in [0.717, 1.165) is 37.5 Å². The van der Waals surface area contributed by atoms with E-state index in [9.17, 15) is 17.6 Å². The Bertz CT molecular complexity index is 784. The molecule has 5 heteroatoms. The van der Waals surface area contributed by atoms with Crippen LogP contribution in [0.1, 0.15) is 108 Å². The molecule has 0 saturated heterocycles. The van der Waals surface area contributed by atoms with E-state index in [4.69, 9.17) is 4.74 Å². The minimum Gasteiger partial charge on any atom is -0.491 e. The van der Waals surface area contributed by atoms with Gasteiger partial charge in [0, 0.05) is 0 Å². The van der Waals surface area contributed by atoms with Crippen LogP contribution in [0, 0.1) is 29.5 Å². The molecule has 2 aliphatic carbocycles. The molecular formula is C30H44F4O. The van der Waals surface area contributed by atoms with Gasteiger partial charge in [-0.25, -0.2) is 4.39 Å². The number of ether oxygens (including phenoxy) is 1. The summed E-state index contributed by atoms with van der Waals surface area (Å²) in [5.74, 6) is 1.08. The summed E-state index contributed by atoms with van der Waals surface area (Å²) in [6.07, 6.45) is 16.3. The number of hydrogen-bond acceptors (Lipinski definition) is 1. The molecule has 0 unspecified atom stereocenters. The van der Waals surface area contributed by atoms with Gasteiger partial charge < -0.3 is 4.74 Å². The largest absolute Gasteiger partial charge is 0.491 e. The van der Waals surface area contributed by atoms with Crippen molar-refractivity contribution >= 4 is 0 Å². The lowest BCUT2D eigenvalue weighted by molar-refractivity contribution is -0.140. The summed E-state index contributed by atoms with van der Waals surface area (Å²) in [7, 11) is 0. The van der Waals surface area contributed by atoms with Gasteiger partial charge in [0.25, 0.3) is 0 Å². The summed E-state index contributed by atoms with van der Waals surface area (Å²) < 4.78 is 60.3. The molecule has 0 heterocycles. The Balaban J connectivity index is 1.43. The maximum atomic E-state index is 14.5. The molecule has 0 atom stereocenters. The lowest BCUT2D eigenvalue weighted by Gasteiger charge is -2.29. The van der Waals surface area contributed by atoms with Crippen LogP contribution in [0.2, 0.25) is 0 Å². The number of hydrogen-bond donors (Lipinski definition) is 0. The van der Waals surface area contributed by atoms with E-state index >= 15 is 0 Å². The van der Waals surface area contributed by atoms with Crippen LogP contribution in [-0.4, -0.2) is 6.61 Å². The van der Waals surface area contributed by atoms with Crippen molar-refractivity contribution in [3.63, 3.8) is 0 Å². The van der Waals surface area contributed by atoms with Crippen LogP contribution in [0.25, 0.3) is 0 Å². The maximum absolute atomic E-state index is 14.5. The quantitative estimate of drug-likeness (QED) is 0.168. The molecule has 2 aliphatic rings. The van der Waals surface area contributed by atoms with Gasteiger partial charge in [-0.2, -0.15) is 13.2 Å². The highest BCUT2D eigenvalue weighted by Gasteiger charge is 2.38. The van der Waals surface area contributed by atoms with Gasteiger partial charge in [-0.15, -0.1) is 0 Å². The average molecular weight is 497 g/mol. The fourth-order valence-electron chi connectivity index (χ4n) is 6.07. The van der Waals surface area contributed by atoms with Crippen LogP contribution in [0.4, 0.5) is 17.6 Å². The number of unbranched alkanes of at least 4 members (excludes halogenated alkanes) is 2. The normalized spacial score (nSPS) is 25.8. The van der Waals surface area contributed by atoms with Crippen molar-refractivity contribution in [2.24, 2.45) is 23.7 Å². The van der Waals surface area contributed by atoms with Crippen molar-refractivity contribution in [3.8, 4) is 5.75 Å². The second-order valence-corrected chi connectivity index (χ2v) is 10.8. The minimum absolute atomic E-state index is 0.0470. The third kappa shape index (κ3) is 8.53. The van der Waals surface area contributed by atoms with E-state index in [-0.39, 0.29) is 24.3 Å². The molecule has 0 aliphatic heterocycles. The molecule has 1 aromatic rings. The molecule has 2 fully saturated rings. The molecule has 3 rings (SSSR count). The first-order valence-electron chi connectivity index (χ1n) is 14.0. The van der Waals surface area contributed by atoms with Crippen LogP contribution in [0.3, 0.4) is 0 Å². The fourth-order valence-corrected chi connectivity index (χ4v) is 6.07. The minimum atomic E-state index is -4.72. The van der Waals surface area contributed by atoms with E-state index in [2.05, 4.69) is 19.1 Å². The molecule has 0 amide bonds. The number of aryl methyl sites for hydroxylation is 1. The zero-order valence-corrected chi connectivity index (χ0v) is 21.6. The van der Waals surface area contributed by atoms with Gasteiger partial charge in [0.1, 0.15) is 0 Å². The molecular weight excluding hydrogens is 452 g/mol. The van der Waals surface area contributed by atoms with Crippen molar-refractivity contribution in [3.05, 3.63) is 41.2 Å². The molecule has 198 valence electrons. The highest BCUT2D eigenvalue weighted by molar-refractivity contribution is 5.39. The van der Waals surface area contributed by atoms with Gasteiger partial charge in [0.05, 0.1) is 12.2 Å². The Morgan fingerprint density at radius 2 is 1.40 bits per heavy atom. The average Bonchev–Trinajstić information content (AvgIpc) is 2.84. The highest BCUT2D eigenvalue weighted by atomic mass is 19.4. The smallest absolute Gasteiger partial charge is 0.419 e. The summed E-state index contributed by atoms with van der Waals surface area (Å²) in [6.45, 7) is 4.03.